The fourth-order valence-corrected chi connectivity index (χ4v) is 2.48. The van der Waals surface area contributed by atoms with Gasteiger partial charge in [0.25, 0.3) is 0 Å². The number of hydrogen-bond donors (Lipinski definition) is 0. The number of carbonyl (C=O) groups excluding carboxylic acids is 1. The maximum atomic E-state index is 12.0. The average Bonchev–Trinajstić information content (AvgIpc) is 2.37. The number of ether oxygens (including phenoxy) is 1. The van der Waals surface area contributed by atoms with E-state index in [9.17, 15) is 4.79 Å². The Balaban J connectivity index is 1.87. The van der Waals surface area contributed by atoms with E-state index in [1.54, 1.807) is 0 Å². The Labute approximate surface area is 109 Å². The van der Waals surface area contributed by atoms with Crippen molar-refractivity contribution < 1.29 is 9.53 Å². The standard InChI is InChI=1S/C15H21NO2/c1-12-6-3-4-8-14(12)15(17)18-11-13-7-5-9-16(2)10-13/h3-4,6,8,13H,5,7,9-11H2,1-2H3. The fourth-order valence-electron chi connectivity index (χ4n) is 2.48. The predicted molar refractivity (Wildman–Crippen MR) is 71.7 cm³/mol. The zero-order valence-corrected chi connectivity index (χ0v) is 11.2. The minimum absolute atomic E-state index is 0.193. The summed E-state index contributed by atoms with van der Waals surface area (Å²) in [6, 6.07) is 7.57. The predicted octanol–water partition coefficient (Wildman–Crippen LogP) is 2.49. The van der Waals surface area contributed by atoms with Gasteiger partial charge in [0, 0.05) is 12.5 Å². The molecule has 1 heterocycles. The quantitative estimate of drug-likeness (QED) is 0.769. The number of piperidine rings is 1. The minimum atomic E-state index is -0.193. The molecule has 18 heavy (non-hydrogen) atoms. The Morgan fingerprint density at radius 1 is 1.44 bits per heavy atom. The summed E-state index contributed by atoms with van der Waals surface area (Å²) in [6.07, 6.45) is 2.36. The van der Waals surface area contributed by atoms with Crippen molar-refractivity contribution in [3.05, 3.63) is 35.4 Å². The molecule has 1 unspecified atom stereocenters. The number of hydrogen-bond acceptors (Lipinski definition) is 3. The van der Waals surface area contributed by atoms with Crippen LogP contribution in [0.2, 0.25) is 0 Å². The third-order valence-electron chi connectivity index (χ3n) is 3.54. The smallest absolute Gasteiger partial charge is 0.338 e. The summed E-state index contributed by atoms with van der Waals surface area (Å²) in [5.41, 5.74) is 1.66. The van der Waals surface area contributed by atoms with Crippen molar-refractivity contribution in [2.45, 2.75) is 19.8 Å². The molecule has 1 fully saturated rings. The van der Waals surface area contributed by atoms with Crippen LogP contribution in [0, 0.1) is 12.8 Å². The van der Waals surface area contributed by atoms with Gasteiger partial charge < -0.3 is 9.64 Å². The van der Waals surface area contributed by atoms with Gasteiger partial charge in [0.2, 0.25) is 0 Å². The molecule has 0 aromatic heterocycles. The normalized spacial score (nSPS) is 20.7. The first kappa shape index (κ1) is 13.1. The van der Waals surface area contributed by atoms with Crippen LogP contribution in [0.25, 0.3) is 0 Å². The molecule has 0 spiro atoms. The lowest BCUT2D eigenvalue weighted by molar-refractivity contribution is 0.0371. The first-order valence-electron chi connectivity index (χ1n) is 6.58. The summed E-state index contributed by atoms with van der Waals surface area (Å²) in [7, 11) is 2.12. The van der Waals surface area contributed by atoms with Crippen LogP contribution >= 0.6 is 0 Å². The summed E-state index contributed by atoms with van der Waals surface area (Å²) in [5, 5.41) is 0. The summed E-state index contributed by atoms with van der Waals surface area (Å²) in [6.45, 7) is 4.66. The van der Waals surface area contributed by atoms with Crippen LogP contribution in [0.5, 0.6) is 0 Å². The molecule has 1 atom stereocenters. The number of carbonyl (C=O) groups is 1. The Morgan fingerprint density at radius 3 is 2.94 bits per heavy atom. The second-order valence-electron chi connectivity index (χ2n) is 5.18. The molecule has 1 aliphatic rings. The molecule has 0 aliphatic carbocycles. The Hall–Kier alpha value is -1.35. The second kappa shape index (κ2) is 6.01. The van der Waals surface area contributed by atoms with E-state index in [1.807, 2.05) is 31.2 Å². The summed E-state index contributed by atoms with van der Waals surface area (Å²) in [4.78, 5) is 14.3. The molecule has 3 nitrogen and oxygen atoms in total. The van der Waals surface area contributed by atoms with Crippen LogP contribution in [0.3, 0.4) is 0 Å². The van der Waals surface area contributed by atoms with Crippen LogP contribution in [-0.4, -0.2) is 37.6 Å². The van der Waals surface area contributed by atoms with Gasteiger partial charge in [-0.15, -0.1) is 0 Å². The first-order valence-corrected chi connectivity index (χ1v) is 6.58. The zero-order valence-electron chi connectivity index (χ0n) is 11.2. The molecule has 0 bridgehead atoms. The monoisotopic (exact) mass is 247 g/mol. The van der Waals surface area contributed by atoms with E-state index in [0.29, 0.717) is 18.1 Å². The van der Waals surface area contributed by atoms with E-state index in [1.165, 1.54) is 6.42 Å². The number of nitrogens with zero attached hydrogens (tertiary/aromatic N) is 1. The number of benzene rings is 1. The number of esters is 1. The topological polar surface area (TPSA) is 29.5 Å². The molecule has 1 saturated heterocycles. The van der Waals surface area contributed by atoms with Gasteiger partial charge in [-0.05, 0) is 45.0 Å². The maximum absolute atomic E-state index is 12.0. The van der Waals surface area contributed by atoms with E-state index in [-0.39, 0.29) is 5.97 Å². The highest BCUT2D eigenvalue weighted by Crippen LogP contribution is 2.16. The van der Waals surface area contributed by atoms with E-state index >= 15 is 0 Å². The van der Waals surface area contributed by atoms with Crippen LogP contribution < -0.4 is 0 Å². The van der Waals surface area contributed by atoms with Crippen molar-refractivity contribution in [3.8, 4) is 0 Å². The third-order valence-corrected chi connectivity index (χ3v) is 3.54. The lowest BCUT2D eigenvalue weighted by atomic mass is 9.99. The van der Waals surface area contributed by atoms with Crippen LogP contribution in [0.15, 0.2) is 24.3 Å². The van der Waals surface area contributed by atoms with Crippen molar-refractivity contribution in [2.75, 3.05) is 26.7 Å². The molecule has 98 valence electrons. The summed E-state index contributed by atoms with van der Waals surface area (Å²) in [5.74, 6) is 0.290. The molecule has 2 rings (SSSR count). The van der Waals surface area contributed by atoms with Gasteiger partial charge in [-0.3, -0.25) is 0 Å². The molecule has 1 aromatic carbocycles. The number of rotatable bonds is 3. The lowest BCUT2D eigenvalue weighted by Crippen LogP contribution is -2.34. The van der Waals surface area contributed by atoms with Gasteiger partial charge in [-0.1, -0.05) is 18.2 Å². The van der Waals surface area contributed by atoms with Gasteiger partial charge in [-0.2, -0.15) is 0 Å². The van der Waals surface area contributed by atoms with Crippen molar-refractivity contribution in [1.82, 2.24) is 4.90 Å². The molecular weight excluding hydrogens is 226 g/mol. The van der Waals surface area contributed by atoms with E-state index in [2.05, 4.69) is 11.9 Å². The molecular formula is C15H21NO2. The van der Waals surface area contributed by atoms with Gasteiger partial charge in [0.15, 0.2) is 0 Å². The highest BCUT2D eigenvalue weighted by atomic mass is 16.5. The summed E-state index contributed by atoms with van der Waals surface area (Å²) >= 11 is 0. The summed E-state index contributed by atoms with van der Waals surface area (Å²) < 4.78 is 5.43. The zero-order chi connectivity index (χ0) is 13.0. The highest BCUT2D eigenvalue weighted by molar-refractivity contribution is 5.90. The largest absolute Gasteiger partial charge is 0.462 e. The molecule has 0 amide bonds. The van der Waals surface area contributed by atoms with Crippen LogP contribution in [-0.2, 0) is 4.74 Å². The molecule has 0 saturated carbocycles. The van der Waals surface area contributed by atoms with Gasteiger partial charge in [0.05, 0.1) is 12.2 Å². The fraction of sp³-hybridized carbons (Fsp3) is 0.533. The molecule has 1 aliphatic heterocycles. The van der Waals surface area contributed by atoms with Gasteiger partial charge >= 0.3 is 5.97 Å². The van der Waals surface area contributed by atoms with Crippen molar-refractivity contribution >= 4 is 5.97 Å². The second-order valence-corrected chi connectivity index (χ2v) is 5.18. The highest BCUT2D eigenvalue weighted by Gasteiger charge is 2.19. The lowest BCUT2D eigenvalue weighted by Gasteiger charge is -2.29. The van der Waals surface area contributed by atoms with E-state index in [4.69, 9.17) is 4.74 Å². The molecule has 0 radical (unpaired) electrons. The molecule has 0 N–H and O–H groups in total. The Bertz CT molecular complexity index is 417. The van der Waals surface area contributed by atoms with Gasteiger partial charge in [0.1, 0.15) is 0 Å². The third kappa shape index (κ3) is 3.33. The van der Waals surface area contributed by atoms with Crippen LogP contribution in [0.1, 0.15) is 28.8 Å². The van der Waals surface area contributed by atoms with Crippen molar-refractivity contribution in [2.24, 2.45) is 5.92 Å². The Kier molecular flexibility index (Phi) is 4.37. The van der Waals surface area contributed by atoms with Crippen molar-refractivity contribution in [1.29, 1.82) is 0 Å². The molecule has 1 aromatic rings. The van der Waals surface area contributed by atoms with Gasteiger partial charge in [-0.25, -0.2) is 4.79 Å². The SMILES string of the molecule is Cc1ccccc1C(=O)OCC1CCCN(C)C1. The molecule has 3 heteroatoms. The maximum Gasteiger partial charge on any atom is 0.338 e. The average molecular weight is 247 g/mol. The van der Waals surface area contributed by atoms with Crippen molar-refractivity contribution in [3.63, 3.8) is 0 Å². The van der Waals surface area contributed by atoms with E-state index in [0.717, 1.165) is 25.1 Å². The van der Waals surface area contributed by atoms with Crippen LogP contribution in [0.4, 0.5) is 0 Å². The number of likely N-dealkylation sites (tertiary alicyclic amines) is 1. The first-order chi connectivity index (χ1) is 8.66. The van der Waals surface area contributed by atoms with E-state index < -0.39 is 0 Å². The Morgan fingerprint density at radius 2 is 2.22 bits per heavy atom. The minimum Gasteiger partial charge on any atom is -0.462 e. The number of aryl methyl sites for hydroxylation is 1.